The fourth-order valence-electron chi connectivity index (χ4n) is 2.07. The van der Waals surface area contributed by atoms with E-state index < -0.39 is 5.97 Å². The number of amides is 2. The summed E-state index contributed by atoms with van der Waals surface area (Å²) in [5.74, 6) is -0.451. The third kappa shape index (κ3) is 5.35. The van der Waals surface area contributed by atoms with Gasteiger partial charge in [0.05, 0.1) is 6.61 Å². The van der Waals surface area contributed by atoms with Gasteiger partial charge < -0.3 is 20.1 Å². The lowest BCUT2D eigenvalue weighted by Crippen LogP contribution is -2.39. The van der Waals surface area contributed by atoms with Crippen LogP contribution in [-0.2, 0) is 9.53 Å². The summed E-state index contributed by atoms with van der Waals surface area (Å²) >= 11 is 0. The summed E-state index contributed by atoms with van der Waals surface area (Å²) in [4.78, 5) is 24.0. The smallest absolute Gasteiger partial charge is 0.317 e. The molecule has 1 aliphatic rings. The van der Waals surface area contributed by atoms with Crippen molar-refractivity contribution in [1.82, 2.24) is 10.2 Å². The number of carboxylic acid groups (broad SMARTS) is 1. The molecule has 2 N–H and O–H groups in total. The number of nitrogens with one attached hydrogen (secondary N) is 1. The number of aliphatic carboxylic acids is 1. The lowest BCUT2D eigenvalue weighted by atomic mass is 10.0. The second kappa shape index (κ2) is 7.92. The first-order valence-electron chi connectivity index (χ1n) is 6.45. The number of carbonyl (C=O) groups excluding carboxylic acids is 1. The van der Waals surface area contributed by atoms with Crippen molar-refractivity contribution in [3.8, 4) is 0 Å². The molecule has 1 aliphatic heterocycles. The molecule has 1 atom stereocenters. The Kier molecular flexibility index (Phi) is 6.49. The third-order valence-electron chi connectivity index (χ3n) is 3.07. The fourth-order valence-corrected chi connectivity index (χ4v) is 2.07. The highest BCUT2D eigenvalue weighted by Crippen LogP contribution is 2.20. The van der Waals surface area contributed by atoms with E-state index in [1.807, 2.05) is 6.92 Å². The van der Waals surface area contributed by atoms with Crippen molar-refractivity contribution in [2.75, 3.05) is 32.8 Å². The van der Waals surface area contributed by atoms with Crippen LogP contribution >= 0.6 is 0 Å². The molecule has 0 spiro atoms. The highest BCUT2D eigenvalue weighted by Gasteiger charge is 2.26. The van der Waals surface area contributed by atoms with E-state index in [-0.39, 0.29) is 12.5 Å². The van der Waals surface area contributed by atoms with Crippen LogP contribution in [0.1, 0.15) is 26.2 Å². The maximum atomic E-state index is 11.7. The van der Waals surface area contributed by atoms with E-state index >= 15 is 0 Å². The Morgan fingerprint density at radius 2 is 2.28 bits per heavy atom. The van der Waals surface area contributed by atoms with Crippen molar-refractivity contribution >= 4 is 12.0 Å². The molecular formula is C12H22N2O4. The van der Waals surface area contributed by atoms with E-state index in [4.69, 9.17) is 9.84 Å². The zero-order chi connectivity index (χ0) is 13.4. The van der Waals surface area contributed by atoms with Gasteiger partial charge in [-0.1, -0.05) is 0 Å². The topological polar surface area (TPSA) is 78.9 Å². The van der Waals surface area contributed by atoms with Crippen molar-refractivity contribution in [3.05, 3.63) is 0 Å². The number of urea groups is 1. The standard InChI is InChI=1S/C12H22N2O4/c1-2-18-8-6-13-12(17)14-7-5-10(9-14)3-4-11(15)16/h10H,2-9H2,1H3,(H,13,17)(H,15,16). The van der Waals surface area contributed by atoms with E-state index in [0.717, 1.165) is 6.42 Å². The number of likely N-dealkylation sites (tertiary alicyclic amines) is 1. The molecular weight excluding hydrogens is 236 g/mol. The fraction of sp³-hybridized carbons (Fsp3) is 0.833. The van der Waals surface area contributed by atoms with Gasteiger partial charge in [0.2, 0.25) is 0 Å². The number of ether oxygens (including phenoxy) is 1. The van der Waals surface area contributed by atoms with E-state index in [2.05, 4.69) is 5.32 Å². The summed E-state index contributed by atoms with van der Waals surface area (Å²) in [6, 6.07) is -0.0764. The molecule has 0 aliphatic carbocycles. The van der Waals surface area contributed by atoms with Crippen LogP contribution in [0.15, 0.2) is 0 Å². The summed E-state index contributed by atoms with van der Waals surface area (Å²) in [5.41, 5.74) is 0. The normalized spacial score (nSPS) is 18.9. The molecule has 104 valence electrons. The van der Waals surface area contributed by atoms with Gasteiger partial charge >= 0.3 is 12.0 Å². The van der Waals surface area contributed by atoms with Gasteiger partial charge in [-0.2, -0.15) is 0 Å². The Hall–Kier alpha value is -1.30. The molecule has 2 amide bonds. The molecule has 1 rings (SSSR count). The quantitative estimate of drug-likeness (QED) is 0.665. The number of rotatable bonds is 7. The first-order valence-corrected chi connectivity index (χ1v) is 6.45. The second-order valence-corrected chi connectivity index (χ2v) is 4.46. The highest BCUT2D eigenvalue weighted by molar-refractivity contribution is 5.74. The first kappa shape index (κ1) is 14.8. The monoisotopic (exact) mass is 258 g/mol. The van der Waals surface area contributed by atoms with Gasteiger partial charge in [-0.25, -0.2) is 4.79 Å². The van der Waals surface area contributed by atoms with Crippen LogP contribution in [0.5, 0.6) is 0 Å². The third-order valence-corrected chi connectivity index (χ3v) is 3.07. The lowest BCUT2D eigenvalue weighted by Gasteiger charge is -2.17. The minimum Gasteiger partial charge on any atom is -0.481 e. The molecule has 0 aromatic heterocycles. The zero-order valence-corrected chi connectivity index (χ0v) is 10.9. The minimum atomic E-state index is -0.769. The van der Waals surface area contributed by atoms with Crippen molar-refractivity contribution in [2.24, 2.45) is 5.92 Å². The largest absolute Gasteiger partial charge is 0.481 e. The molecule has 6 nitrogen and oxygen atoms in total. The molecule has 6 heteroatoms. The van der Waals surface area contributed by atoms with E-state index in [1.54, 1.807) is 4.90 Å². The average Bonchev–Trinajstić information content (AvgIpc) is 2.80. The van der Waals surface area contributed by atoms with Gasteiger partial charge in [0.25, 0.3) is 0 Å². The molecule has 1 saturated heterocycles. The Morgan fingerprint density at radius 3 is 2.94 bits per heavy atom. The number of nitrogens with zero attached hydrogens (tertiary/aromatic N) is 1. The van der Waals surface area contributed by atoms with Crippen molar-refractivity contribution in [1.29, 1.82) is 0 Å². The number of hydrogen-bond donors (Lipinski definition) is 2. The predicted molar refractivity (Wildman–Crippen MR) is 66.4 cm³/mol. The molecule has 0 aromatic rings. The maximum absolute atomic E-state index is 11.7. The summed E-state index contributed by atoms with van der Waals surface area (Å²) in [5, 5.41) is 11.4. The molecule has 0 aromatic carbocycles. The van der Waals surface area contributed by atoms with Gasteiger partial charge in [-0.05, 0) is 25.7 Å². The van der Waals surface area contributed by atoms with Gasteiger partial charge in [0.15, 0.2) is 0 Å². The number of carboxylic acids is 1. The first-order chi connectivity index (χ1) is 8.63. The van der Waals surface area contributed by atoms with Crippen LogP contribution < -0.4 is 5.32 Å². The van der Waals surface area contributed by atoms with E-state index in [1.165, 1.54) is 0 Å². The Balaban J connectivity index is 2.16. The Bertz CT molecular complexity index is 283. The minimum absolute atomic E-state index is 0.0764. The predicted octanol–water partition coefficient (Wildman–Crippen LogP) is 0.919. The second-order valence-electron chi connectivity index (χ2n) is 4.46. The zero-order valence-electron chi connectivity index (χ0n) is 10.9. The van der Waals surface area contributed by atoms with Crippen LogP contribution in [0.25, 0.3) is 0 Å². The lowest BCUT2D eigenvalue weighted by molar-refractivity contribution is -0.137. The summed E-state index contributed by atoms with van der Waals surface area (Å²) < 4.78 is 5.13. The van der Waals surface area contributed by atoms with E-state index in [0.29, 0.717) is 45.2 Å². The highest BCUT2D eigenvalue weighted by atomic mass is 16.5. The number of hydrogen-bond acceptors (Lipinski definition) is 3. The SMILES string of the molecule is CCOCCNC(=O)N1CCC(CCC(=O)O)C1. The van der Waals surface area contributed by atoms with E-state index in [9.17, 15) is 9.59 Å². The van der Waals surface area contributed by atoms with Gasteiger partial charge in [-0.3, -0.25) is 4.79 Å². The van der Waals surface area contributed by atoms with Crippen LogP contribution in [0.3, 0.4) is 0 Å². The molecule has 1 fully saturated rings. The molecule has 0 radical (unpaired) electrons. The molecule has 0 bridgehead atoms. The van der Waals surface area contributed by atoms with Crippen LogP contribution in [-0.4, -0.2) is 54.9 Å². The van der Waals surface area contributed by atoms with Crippen LogP contribution in [0, 0.1) is 5.92 Å². The molecule has 0 saturated carbocycles. The van der Waals surface area contributed by atoms with Crippen molar-refractivity contribution in [2.45, 2.75) is 26.2 Å². The average molecular weight is 258 g/mol. The van der Waals surface area contributed by atoms with Gasteiger partial charge in [0, 0.05) is 32.7 Å². The van der Waals surface area contributed by atoms with Crippen LogP contribution in [0.4, 0.5) is 4.79 Å². The Labute approximate surface area is 107 Å². The maximum Gasteiger partial charge on any atom is 0.317 e. The van der Waals surface area contributed by atoms with Crippen molar-refractivity contribution in [3.63, 3.8) is 0 Å². The van der Waals surface area contributed by atoms with Crippen molar-refractivity contribution < 1.29 is 19.4 Å². The molecule has 1 heterocycles. The Morgan fingerprint density at radius 1 is 1.50 bits per heavy atom. The van der Waals surface area contributed by atoms with Gasteiger partial charge in [-0.15, -0.1) is 0 Å². The summed E-state index contributed by atoms with van der Waals surface area (Å²) in [7, 11) is 0. The molecule has 18 heavy (non-hydrogen) atoms. The summed E-state index contributed by atoms with van der Waals surface area (Å²) in [6.07, 6.45) is 1.73. The molecule has 1 unspecified atom stereocenters. The summed E-state index contributed by atoms with van der Waals surface area (Å²) in [6.45, 7) is 4.98. The van der Waals surface area contributed by atoms with Gasteiger partial charge in [0.1, 0.15) is 0 Å². The number of carbonyl (C=O) groups is 2. The van der Waals surface area contributed by atoms with Crippen LogP contribution in [0.2, 0.25) is 0 Å².